The van der Waals surface area contributed by atoms with Gasteiger partial charge in [0.15, 0.2) is 0 Å². The highest BCUT2D eigenvalue weighted by Crippen LogP contribution is 2.23. The van der Waals surface area contributed by atoms with Gasteiger partial charge in [0.2, 0.25) is 5.91 Å². The normalized spacial score (nSPS) is 10.1. The van der Waals surface area contributed by atoms with E-state index in [4.69, 9.17) is 15.9 Å². The summed E-state index contributed by atoms with van der Waals surface area (Å²) >= 11 is 0. The van der Waals surface area contributed by atoms with Crippen LogP contribution in [0, 0.1) is 0 Å². The van der Waals surface area contributed by atoms with Crippen LogP contribution in [0.1, 0.15) is 31.1 Å². The first-order valence-electron chi connectivity index (χ1n) is 5.90. The lowest BCUT2D eigenvalue weighted by molar-refractivity contribution is 0.0696. The molecule has 0 saturated heterocycles. The van der Waals surface area contributed by atoms with Crippen molar-refractivity contribution < 1.29 is 24.6 Å². The molecule has 2 aromatic carbocycles. The number of primary amides is 1. The zero-order valence-corrected chi connectivity index (χ0v) is 10.7. The molecule has 0 aliphatic rings. The summed E-state index contributed by atoms with van der Waals surface area (Å²) in [6.07, 6.45) is 0. The van der Waals surface area contributed by atoms with Crippen molar-refractivity contribution in [2.45, 2.75) is 0 Å². The van der Waals surface area contributed by atoms with Crippen LogP contribution < -0.4 is 5.73 Å². The minimum absolute atomic E-state index is 0.121. The summed E-state index contributed by atoms with van der Waals surface area (Å²) in [6.45, 7) is 0. The Labute approximate surface area is 119 Å². The second-order valence-electron chi connectivity index (χ2n) is 4.35. The van der Waals surface area contributed by atoms with Crippen LogP contribution in [0.4, 0.5) is 0 Å². The van der Waals surface area contributed by atoms with Crippen molar-refractivity contribution in [3.63, 3.8) is 0 Å². The third kappa shape index (κ3) is 3.06. The van der Waals surface area contributed by atoms with Crippen molar-refractivity contribution in [2.75, 3.05) is 0 Å². The second kappa shape index (κ2) is 5.46. The fraction of sp³-hybridized carbons (Fsp3) is 0. The van der Waals surface area contributed by atoms with Gasteiger partial charge in [0, 0.05) is 5.56 Å². The highest BCUT2D eigenvalue weighted by molar-refractivity contribution is 5.96. The quantitative estimate of drug-likeness (QED) is 0.792. The molecule has 0 aliphatic heterocycles. The number of amides is 1. The van der Waals surface area contributed by atoms with E-state index < -0.39 is 17.8 Å². The van der Waals surface area contributed by atoms with E-state index in [0.29, 0.717) is 16.7 Å². The number of aromatic carboxylic acids is 2. The highest BCUT2D eigenvalue weighted by atomic mass is 16.4. The van der Waals surface area contributed by atoms with Crippen molar-refractivity contribution in [3.05, 3.63) is 59.2 Å². The smallest absolute Gasteiger partial charge is 0.335 e. The number of carbonyl (C=O) groups excluding carboxylic acids is 1. The third-order valence-corrected chi connectivity index (χ3v) is 2.93. The predicted molar refractivity (Wildman–Crippen MR) is 74.3 cm³/mol. The van der Waals surface area contributed by atoms with E-state index in [1.165, 1.54) is 24.3 Å². The number of hydrogen-bond acceptors (Lipinski definition) is 3. The van der Waals surface area contributed by atoms with E-state index in [2.05, 4.69) is 0 Å². The molecule has 2 aromatic rings. The van der Waals surface area contributed by atoms with E-state index in [0.717, 1.165) is 6.07 Å². The van der Waals surface area contributed by atoms with Crippen LogP contribution in [0.5, 0.6) is 0 Å². The van der Waals surface area contributed by atoms with Crippen LogP contribution in [0.2, 0.25) is 0 Å². The molecule has 0 spiro atoms. The molecule has 0 atom stereocenters. The van der Waals surface area contributed by atoms with Crippen molar-refractivity contribution in [1.29, 1.82) is 0 Å². The standard InChI is InChI=1S/C15H11NO5/c16-13(17)9-3-1-8(2-4-9)10-5-11(14(18)19)7-12(6-10)15(20)21/h1-7H,(H2,16,17)(H,18,19)(H,20,21). The lowest BCUT2D eigenvalue weighted by Crippen LogP contribution is -2.10. The fourth-order valence-corrected chi connectivity index (χ4v) is 1.87. The molecule has 21 heavy (non-hydrogen) atoms. The number of nitrogens with two attached hydrogens (primary N) is 1. The molecule has 0 aromatic heterocycles. The minimum atomic E-state index is -1.21. The van der Waals surface area contributed by atoms with Gasteiger partial charge in [-0.05, 0) is 41.5 Å². The first kappa shape index (κ1) is 14.3. The maximum absolute atomic E-state index is 11.0. The maximum atomic E-state index is 11.0. The molecule has 0 fully saturated rings. The van der Waals surface area contributed by atoms with Crippen molar-refractivity contribution >= 4 is 17.8 Å². The minimum Gasteiger partial charge on any atom is -0.478 e. The lowest BCUT2D eigenvalue weighted by Gasteiger charge is -2.06. The maximum Gasteiger partial charge on any atom is 0.335 e. The average Bonchev–Trinajstić information content (AvgIpc) is 2.46. The molecular weight excluding hydrogens is 274 g/mol. The van der Waals surface area contributed by atoms with Gasteiger partial charge in [0.05, 0.1) is 11.1 Å². The topological polar surface area (TPSA) is 118 Å². The molecule has 6 heteroatoms. The largest absolute Gasteiger partial charge is 0.478 e. The molecule has 0 bridgehead atoms. The van der Waals surface area contributed by atoms with Gasteiger partial charge in [-0.25, -0.2) is 9.59 Å². The zero-order chi connectivity index (χ0) is 15.6. The molecule has 0 radical (unpaired) electrons. The Morgan fingerprint density at radius 1 is 0.714 bits per heavy atom. The number of carboxylic acids is 2. The summed E-state index contributed by atoms with van der Waals surface area (Å²) in [4.78, 5) is 33.1. The van der Waals surface area contributed by atoms with Crippen LogP contribution in [0.15, 0.2) is 42.5 Å². The van der Waals surface area contributed by atoms with Gasteiger partial charge in [0.25, 0.3) is 0 Å². The average molecular weight is 285 g/mol. The summed E-state index contributed by atoms with van der Waals surface area (Å²) in [5.74, 6) is -3.01. The Kier molecular flexibility index (Phi) is 3.71. The van der Waals surface area contributed by atoms with Crippen LogP contribution >= 0.6 is 0 Å². The van der Waals surface area contributed by atoms with E-state index in [-0.39, 0.29) is 11.1 Å². The molecule has 0 aliphatic carbocycles. The molecule has 0 saturated carbocycles. The van der Waals surface area contributed by atoms with Crippen LogP contribution in [-0.4, -0.2) is 28.1 Å². The molecule has 106 valence electrons. The van der Waals surface area contributed by atoms with Crippen molar-refractivity contribution in [2.24, 2.45) is 5.73 Å². The summed E-state index contributed by atoms with van der Waals surface area (Å²) < 4.78 is 0. The van der Waals surface area contributed by atoms with Gasteiger partial charge in [-0.15, -0.1) is 0 Å². The summed E-state index contributed by atoms with van der Waals surface area (Å²) in [6, 6.07) is 9.96. The van der Waals surface area contributed by atoms with E-state index in [9.17, 15) is 14.4 Å². The van der Waals surface area contributed by atoms with Gasteiger partial charge in [-0.2, -0.15) is 0 Å². The lowest BCUT2D eigenvalue weighted by atomic mass is 9.98. The second-order valence-corrected chi connectivity index (χ2v) is 4.35. The Hall–Kier alpha value is -3.15. The number of carbonyl (C=O) groups is 3. The Morgan fingerprint density at radius 2 is 1.19 bits per heavy atom. The number of carboxylic acid groups (broad SMARTS) is 2. The Morgan fingerprint density at radius 3 is 1.57 bits per heavy atom. The first-order chi connectivity index (χ1) is 9.88. The van der Waals surface area contributed by atoms with E-state index in [1.807, 2.05) is 0 Å². The van der Waals surface area contributed by atoms with Crippen molar-refractivity contribution in [1.82, 2.24) is 0 Å². The molecule has 0 unspecified atom stereocenters. The monoisotopic (exact) mass is 285 g/mol. The van der Waals surface area contributed by atoms with Crippen LogP contribution in [-0.2, 0) is 0 Å². The Bertz CT molecular complexity index is 702. The van der Waals surface area contributed by atoms with Crippen molar-refractivity contribution in [3.8, 4) is 11.1 Å². The third-order valence-electron chi connectivity index (χ3n) is 2.93. The molecule has 4 N–H and O–H groups in total. The molecule has 1 amide bonds. The molecule has 6 nitrogen and oxygen atoms in total. The molecule has 2 rings (SSSR count). The SMILES string of the molecule is NC(=O)c1ccc(-c2cc(C(=O)O)cc(C(=O)O)c2)cc1. The molecular formula is C15H11NO5. The van der Waals surface area contributed by atoms with E-state index in [1.54, 1.807) is 12.1 Å². The van der Waals surface area contributed by atoms with Gasteiger partial charge >= 0.3 is 11.9 Å². The first-order valence-corrected chi connectivity index (χ1v) is 5.90. The van der Waals surface area contributed by atoms with Gasteiger partial charge < -0.3 is 15.9 Å². The summed E-state index contributed by atoms with van der Waals surface area (Å²) in [5, 5.41) is 18.1. The van der Waals surface area contributed by atoms with Gasteiger partial charge in [-0.3, -0.25) is 4.79 Å². The number of rotatable bonds is 4. The number of hydrogen-bond donors (Lipinski definition) is 3. The summed E-state index contributed by atoms with van der Waals surface area (Å²) in [7, 11) is 0. The van der Waals surface area contributed by atoms with Crippen LogP contribution in [0.3, 0.4) is 0 Å². The van der Waals surface area contributed by atoms with Gasteiger partial charge in [-0.1, -0.05) is 12.1 Å². The summed E-state index contributed by atoms with van der Waals surface area (Å²) in [5.41, 5.74) is 6.23. The fourth-order valence-electron chi connectivity index (χ4n) is 1.87. The number of benzene rings is 2. The van der Waals surface area contributed by atoms with E-state index >= 15 is 0 Å². The zero-order valence-electron chi connectivity index (χ0n) is 10.7. The predicted octanol–water partition coefficient (Wildman–Crippen LogP) is 1.85. The Balaban J connectivity index is 2.54. The van der Waals surface area contributed by atoms with Crippen LogP contribution in [0.25, 0.3) is 11.1 Å². The van der Waals surface area contributed by atoms with Gasteiger partial charge in [0.1, 0.15) is 0 Å². The molecule has 0 heterocycles. The highest BCUT2D eigenvalue weighted by Gasteiger charge is 2.12.